The first-order valence-corrected chi connectivity index (χ1v) is 0.494. The third kappa shape index (κ3) is 773. The van der Waals surface area contributed by atoms with Crippen LogP contribution in [0.5, 0.6) is 0 Å². The van der Waals surface area contributed by atoms with Crippen LogP contribution < -0.4 is 29.6 Å². The van der Waals surface area contributed by atoms with Crippen molar-refractivity contribution in [2.24, 2.45) is 0 Å². The molecule has 0 amide bonds. The maximum atomic E-state index is 8.36. The summed E-state index contributed by atoms with van der Waals surface area (Å²) in [6.07, 6.45) is 0. The Morgan fingerprint density at radius 3 is 1.12 bits per heavy atom. The second-order valence-electron chi connectivity index (χ2n) is 0.105. The first-order valence-electron chi connectivity index (χ1n) is 0.494. The summed E-state index contributed by atoms with van der Waals surface area (Å²) < 4.78 is 8.36. The Hall–Kier alpha value is 0.505. The van der Waals surface area contributed by atoms with Gasteiger partial charge in [-0.05, 0) is 0 Å². The topological polar surface area (TPSA) is 163 Å². The summed E-state index contributed by atoms with van der Waals surface area (Å²) >= 11 is 0. The van der Waals surface area contributed by atoms with Gasteiger partial charge in [0.1, 0.15) is 0 Å². The van der Waals surface area contributed by atoms with Gasteiger partial charge in [-0.2, -0.15) is 0 Å². The number of rotatable bonds is 0. The van der Waals surface area contributed by atoms with Crippen LogP contribution in [0.25, 0.3) is 0 Å². The predicted octanol–water partition coefficient (Wildman–Crippen LogP) is -7.24. The zero-order valence-corrected chi connectivity index (χ0v) is 6.43. The van der Waals surface area contributed by atoms with Gasteiger partial charge in [0.05, 0.1) is 0 Å². The molecule has 0 fully saturated rings. The first kappa shape index (κ1) is 76.3. The molecule has 0 radical (unpaired) electrons. The second-order valence-corrected chi connectivity index (χ2v) is 0.105. The average Bonchev–Trinajstić information content (AvgIpc) is 0.918. The van der Waals surface area contributed by atoms with E-state index >= 15 is 0 Å². The van der Waals surface area contributed by atoms with Gasteiger partial charge in [-0.25, -0.2) is 0 Å². The van der Waals surface area contributed by atoms with Crippen LogP contribution in [0.2, 0.25) is 0 Å². The Balaban J connectivity index is -0.00000000133. The van der Waals surface area contributed by atoms with E-state index in [0.29, 0.717) is 0 Å². The van der Waals surface area contributed by atoms with Crippen molar-refractivity contribution in [3.63, 3.8) is 0 Å². The molecule has 0 rings (SSSR count). The van der Waals surface area contributed by atoms with E-state index in [1.54, 1.807) is 0 Å². The minimum absolute atomic E-state index is 0. The molecule has 0 aliphatic heterocycles. The van der Waals surface area contributed by atoms with Gasteiger partial charge in [0, 0.05) is 0 Å². The smallest absolute Gasteiger partial charge is 1.00 e. The van der Waals surface area contributed by atoms with Crippen LogP contribution in [0.4, 0.5) is 0 Å². The average molecular weight is 140 g/mol. The van der Waals surface area contributed by atoms with Gasteiger partial charge in [-0.3, -0.25) is 0 Å². The fourth-order valence-corrected chi connectivity index (χ4v) is 0. The van der Waals surface area contributed by atoms with Crippen LogP contribution in [0.1, 0.15) is 1.43 Å². The van der Waals surface area contributed by atoms with E-state index in [-0.39, 0.29) is 60.2 Å². The predicted molar refractivity (Wildman–Crippen MR) is 24.2 cm³/mol. The first-order chi connectivity index (χ1) is 1.41. The fraction of sp³-hybridized carbons (Fsp3) is 0. The van der Waals surface area contributed by atoms with Gasteiger partial charge < -0.3 is 23.3 Å². The molecule has 0 aromatic carbocycles. The minimum atomic E-state index is -0.250. The molecule has 0 aromatic heterocycles. The maximum Gasteiger partial charge on any atom is 1.00 e. The summed E-state index contributed by atoms with van der Waals surface area (Å²) in [5, 5.41) is 6.89. The van der Waals surface area contributed by atoms with Gasteiger partial charge in [0.2, 0.25) is 0 Å². The minimum Gasteiger partial charge on any atom is -1.00 e. The molecular weight excluding hydrogens is 130 g/mol. The summed E-state index contributed by atoms with van der Waals surface area (Å²) in [5.41, 5.74) is 0. The van der Waals surface area contributed by atoms with E-state index in [0.717, 1.165) is 0 Å². The van der Waals surface area contributed by atoms with Crippen molar-refractivity contribution < 1.29 is 62.6 Å². The summed E-state index contributed by atoms with van der Waals surface area (Å²) in [6.45, 7) is 0. The molecule has 0 saturated carbocycles. The molecule has 0 spiro atoms. The Kier molecular flexibility index (Phi) is 1340. The van der Waals surface area contributed by atoms with Crippen LogP contribution in [-0.4, -0.2) is 34.3 Å². The zero-order chi connectivity index (χ0) is 2.71. The van der Waals surface area contributed by atoms with Crippen molar-refractivity contribution >= 4 is 7.35 Å². The quantitative estimate of drug-likeness (QED) is 0.330. The van der Waals surface area contributed by atoms with Crippen molar-refractivity contribution in [2.75, 3.05) is 0 Å². The van der Waals surface area contributed by atoms with Gasteiger partial charge in [0.25, 0.3) is 0 Å². The van der Waals surface area contributed by atoms with E-state index in [1.807, 2.05) is 0 Å². The number of hydrogen-bond donors (Lipinski definition) is 1. The van der Waals surface area contributed by atoms with E-state index in [1.165, 1.54) is 0 Å². The van der Waals surface area contributed by atoms with Crippen molar-refractivity contribution in [1.82, 2.24) is 0 Å². The van der Waals surface area contributed by atoms with E-state index in [9.17, 15) is 0 Å². The van der Waals surface area contributed by atoms with Crippen LogP contribution in [0.3, 0.4) is 0 Å². The molecule has 0 unspecified atom stereocenters. The van der Waals surface area contributed by atoms with E-state index < -0.39 is 0 Å². The third-order valence-corrected chi connectivity index (χ3v) is 0. The second kappa shape index (κ2) is 140. The number of hydrogen-bond acceptors (Lipinski definition) is 1. The van der Waals surface area contributed by atoms with Crippen LogP contribution in [0, 0.1) is 0 Å². The van der Waals surface area contributed by atoms with Crippen LogP contribution >= 0.6 is 0 Å². The molecule has 6 nitrogen and oxygen atoms in total. The molecule has 9 N–H and O–H groups in total. The summed E-state index contributed by atoms with van der Waals surface area (Å²) in [7, 11) is -0.250. The van der Waals surface area contributed by atoms with Gasteiger partial charge in [-0.1, -0.05) is 0 Å². The molecule has 8 heteroatoms. The molecule has 0 aliphatic carbocycles. The SMILES string of the molecule is O.O.O.O.O=BO.[H-].[Na+]. The Morgan fingerprint density at radius 1 is 1.12 bits per heavy atom. The van der Waals surface area contributed by atoms with Crippen LogP contribution in [0.15, 0.2) is 0 Å². The third-order valence-electron chi connectivity index (χ3n) is 0. The standard InChI is InChI=1S/BHO2.Na.4H2O.H/c2-1-3;;;;;;/h2H;;4*1H2;/q;+1;;;;;-1. The van der Waals surface area contributed by atoms with E-state index in [4.69, 9.17) is 9.73 Å². The summed E-state index contributed by atoms with van der Waals surface area (Å²) in [5.74, 6) is 0. The monoisotopic (exact) mass is 140 g/mol. The molecule has 50 valence electrons. The van der Waals surface area contributed by atoms with Gasteiger partial charge >= 0.3 is 46.6 Å². The molecule has 0 saturated heterocycles. The molecule has 8 heavy (non-hydrogen) atoms. The van der Waals surface area contributed by atoms with E-state index in [2.05, 4.69) is 0 Å². The maximum absolute atomic E-state index is 8.36. The molecular formula is H10BNaO6. The van der Waals surface area contributed by atoms with Crippen molar-refractivity contribution in [2.45, 2.75) is 0 Å². The van der Waals surface area contributed by atoms with Crippen LogP contribution in [-0.2, 0) is 4.70 Å². The normalized spacial score (nSPS) is 1.00. The Morgan fingerprint density at radius 2 is 1.12 bits per heavy atom. The van der Waals surface area contributed by atoms with Crippen molar-refractivity contribution in [3.8, 4) is 0 Å². The molecule has 0 heterocycles. The molecule has 0 aromatic rings. The summed E-state index contributed by atoms with van der Waals surface area (Å²) in [4.78, 5) is 0. The van der Waals surface area contributed by atoms with Gasteiger partial charge in [-0.15, -0.1) is 0 Å². The van der Waals surface area contributed by atoms with Gasteiger partial charge in [0.15, 0.2) is 0 Å². The Bertz CT molecular complexity index is 20.5. The van der Waals surface area contributed by atoms with Crippen molar-refractivity contribution in [1.29, 1.82) is 0 Å². The fourth-order valence-electron chi connectivity index (χ4n) is 0. The Labute approximate surface area is 70.2 Å². The molecule has 0 aliphatic rings. The largest absolute Gasteiger partial charge is 1.00 e. The zero-order valence-electron chi connectivity index (χ0n) is 5.43. The summed E-state index contributed by atoms with van der Waals surface area (Å²) in [6, 6.07) is 0. The molecule has 0 bridgehead atoms. The van der Waals surface area contributed by atoms with Crippen molar-refractivity contribution in [3.05, 3.63) is 0 Å². The molecule has 0 atom stereocenters.